The molecule has 1 aliphatic heterocycles. The average molecular weight is 441 g/mol. The number of benzene rings is 1. The molecule has 0 saturated carbocycles. The van der Waals surface area contributed by atoms with E-state index in [0.29, 0.717) is 48.3 Å². The summed E-state index contributed by atoms with van der Waals surface area (Å²) in [5.74, 6) is 1.92. The van der Waals surface area contributed by atoms with Crippen molar-refractivity contribution < 1.29 is 9.53 Å². The lowest BCUT2D eigenvalue weighted by molar-refractivity contribution is 0.0743. The van der Waals surface area contributed by atoms with E-state index >= 15 is 0 Å². The van der Waals surface area contributed by atoms with Gasteiger partial charge in [0.25, 0.3) is 5.91 Å². The van der Waals surface area contributed by atoms with Crippen LogP contribution in [0, 0.1) is 20.8 Å². The first kappa shape index (κ1) is 21.1. The monoisotopic (exact) mass is 440 g/mol. The quantitative estimate of drug-likeness (QED) is 0.620. The molecule has 0 aliphatic carbocycles. The van der Waals surface area contributed by atoms with Gasteiger partial charge in [-0.2, -0.15) is 5.10 Å². The molecule has 1 aliphatic rings. The molecule has 0 bridgehead atoms. The minimum absolute atomic E-state index is 0.0830. The maximum Gasteiger partial charge on any atom is 0.257 e. The number of piperazine rings is 1. The number of aromatic nitrogens is 4. The number of halogens is 1. The molecular weight excluding hydrogens is 416 g/mol. The number of anilines is 1. The summed E-state index contributed by atoms with van der Waals surface area (Å²) in [6.07, 6.45) is 0. The Balaban J connectivity index is 1.44. The van der Waals surface area contributed by atoms with E-state index in [0.717, 1.165) is 22.8 Å². The van der Waals surface area contributed by atoms with Crippen LogP contribution in [0.15, 0.2) is 30.3 Å². The highest BCUT2D eigenvalue weighted by atomic mass is 35.5. The maximum atomic E-state index is 13.0. The lowest BCUT2D eigenvalue weighted by Crippen LogP contribution is -2.49. The van der Waals surface area contributed by atoms with Crippen molar-refractivity contribution in [1.29, 1.82) is 0 Å². The Hall–Kier alpha value is -3.13. The van der Waals surface area contributed by atoms with Crippen molar-refractivity contribution in [1.82, 2.24) is 24.9 Å². The van der Waals surface area contributed by atoms with Crippen molar-refractivity contribution in [2.24, 2.45) is 0 Å². The first-order valence-electron chi connectivity index (χ1n) is 10.1. The second-order valence-electron chi connectivity index (χ2n) is 7.58. The number of rotatable bonds is 4. The average Bonchev–Trinajstić information content (AvgIpc) is 3.06. The van der Waals surface area contributed by atoms with Gasteiger partial charge in [0, 0.05) is 36.9 Å². The van der Waals surface area contributed by atoms with Crippen LogP contribution < -0.4 is 9.64 Å². The molecule has 162 valence electrons. The van der Waals surface area contributed by atoms with Gasteiger partial charge >= 0.3 is 0 Å². The zero-order chi connectivity index (χ0) is 22.1. The molecule has 3 aromatic rings. The van der Waals surface area contributed by atoms with E-state index < -0.39 is 0 Å². The molecule has 2 aromatic heterocycles. The van der Waals surface area contributed by atoms with Crippen molar-refractivity contribution in [3.8, 4) is 11.6 Å². The Morgan fingerprint density at radius 1 is 1.00 bits per heavy atom. The lowest BCUT2D eigenvalue weighted by Gasteiger charge is -2.35. The molecule has 0 unspecified atom stereocenters. The largest absolute Gasteiger partial charge is 0.496 e. The molecular formula is C22H25ClN6O2. The topological polar surface area (TPSA) is 76.4 Å². The number of aryl methyl sites for hydroxylation is 1. The molecule has 0 atom stereocenters. The van der Waals surface area contributed by atoms with Crippen LogP contribution >= 0.6 is 11.6 Å². The zero-order valence-corrected chi connectivity index (χ0v) is 18.8. The predicted molar refractivity (Wildman–Crippen MR) is 119 cm³/mol. The number of carbonyl (C=O) groups is 1. The fourth-order valence-electron chi connectivity index (χ4n) is 3.70. The van der Waals surface area contributed by atoms with Crippen LogP contribution in [0.2, 0.25) is 5.02 Å². The third kappa shape index (κ3) is 4.07. The van der Waals surface area contributed by atoms with Crippen LogP contribution in [-0.2, 0) is 0 Å². The van der Waals surface area contributed by atoms with Gasteiger partial charge in [-0.05, 0) is 56.7 Å². The highest BCUT2D eigenvalue weighted by Crippen LogP contribution is 2.25. The van der Waals surface area contributed by atoms with E-state index in [9.17, 15) is 4.79 Å². The minimum Gasteiger partial charge on any atom is -0.496 e. The summed E-state index contributed by atoms with van der Waals surface area (Å²) in [5.41, 5.74) is 3.68. The summed E-state index contributed by atoms with van der Waals surface area (Å²) in [4.78, 5) is 16.9. The molecule has 8 nitrogen and oxygen atoms in total. The third-order valence-corrected chi connectivity index (χ3v) is 6.02. The van der Waals surface area contributed by atoms with Gasteiger partial charge in [0.1, 0.15) is 5.75 Å². The Morgan fingerprint density at radius 2 is 1.68 bits per heavy atom. The Bertz CT molecular complexity index is 1100. The fourth-order valence-corrected chi connectivity index (χ4v) is 3.87. The van der Waals surface area contributed by atoms with Crippen LogP contribution in [0.3, 0.4) is 0 Å². The molecule has 1 saturated heterocycles. The second-order valence-corrected chi connectivity index (χ2v) is 8.02. The van der Waals surface area contributed by atoms with E-state index in [2.05, 4.69) is 27.1 Å². The summed E-state index contributed by atoms with van der Waals surface area (Å²) in [6.45, 7) is 8.55. The number of nitrogens with zero attached hydrogens (tertiary/aromatic N) is 6. The van der Waals surface area contributed by atoms with E-state index in [4.69, 9.17) is 16.3 Å². The van der Waals surface area contributed by atoms with Crippen molar-refractivity contribution in [3.05, 3.63) is 57.9 Å². The van der Waals surface area contributed by atoms with Gasteiger partial charge in [0.15, 0.2) is 11.6 Å². The number of hydrogen-bond donors (Lipinski definition) is 0. The first-order chi connectivity index (χ1) is 14.9. The number of methoxy groups -OCH3 is 1. The lowest BCUT2D eigenvalue weighted by atomic mass is 10.1. The highest BCUT2D eigenvalue weighted by molar-refractivity contribution is 6.31. The molecule has 31 heavy (non-hydrogen) atoms. The summed E-state index contributed by atoms with van der Waals surface area (Å²) >= 11 is 6.08. The van der Waals surface area contributed by atoms with Crippen LogP contribution in [0.5, 0.6) is 5.75 Å². The molecule has 1 amide bonds. The van der Waals surface area contributed by atoms with Crippen LogP contribution in [0.25, 0.3) is 5.82 Å². The van der Waals surface area contributed by atoms with Gasteiger partial charge in [-0.25, -0.2) is 4.68 Å². The highest BCUT2D eigenvalue weighted by Gasteiger charge is 2.25. The smallest absolute Gasteiger partial charge is 0.257 e. The van der Waals surface area contributed by atoms with Gasteiger partial charge in [-0.3, -0.25) is 4.79 Å². The summed E-state index contributed by atoms with van der Waals surface area (Å²) in [7, 11) is 1.55. The normalized spacial score (nSPS) is 14.1. The van der Waals surface area contributed by atoms with E-state index in [1.165, 1.54) is 0 Å². The van der Waals surface area contributed by atoms with Crippen molar-refractivity contribution >= 4 is 23.3 Å². The van der Waals surface area contributed by atoms with Crippen molar-refractivity contribution in [2.45, 2.75) is 20.8 Å². The first-order valence-corrected chi connectivity index (χ1v) is 10.5. The molecule has 0 N–H and O–H groups in total. The molecule has 4 rings (SSSR count). The number of carbonyl (C=O) groups excluding carboxylic acids is 1. The Labute approximate surface area is 186 Å². The van der Waals surface area contributed by atoms with Crippen LogP contribution in [0.1, 0.15) is 27.3 Å². The summed E-state index contributed by atoms with van der Waals surface area (Å²) in [5, 5.41) is 13.8. The molecule has 1 fully saturated rings. The fraction of sp³-hybridized carbons (Fsp3) is 0.364. The molecule has 9 heteroatoms. The maximum absolute atomic E-state index is 13.0. The van der Waals surface area contributed by atoms with Crippen molar-refractivity contribution in [2.75, 3.05) is 38.2 Å². The van der Waals surface area contributed by atoms with Gasteiger partial charge in [-0.1, -0.05) is 11.6 Å². The number of hydrogen-bond acceptors (Lipinski definition) is 6. The molecule has 3 heterocycles. The second kappa shape index (κ2) is 8.55. The van der Waals surface area contributed by atoms with Crippen LogP contribution in [0.4, 0.5) is 5.82 Å². The van der Waals surface area contributed by atoms with E-state index in [1.54, 1.807) is 25.3 Å². The summed E-state index contributed by atoms with van der Waals surface area (Å²) < 4.78 is 7.14. The number of ether oxygens (including phenoxy) is 1. The van der Waals surface area contributed by atoms with Gasteiger partial charge in [-0.15, -0.1) is 10.2 Å². The van der Waals surface area contributed by atoms with Gasteiger partial charge in [0.2, 0.25) is 0 Å². The van der Waals surface area contributed by atoms with Crippen LogP contribution in [-0.4, -0.2) is 64.1 Å². The van der Waals surface area contributed by atoms with Crippen molar-refractivity contribution in [3.63, 3.8) is 0 Å². The Morgan fingerprint density at radius 3 is 2.26 bits per heavy atom. The van der Waals surface area contributed by atoms with Gasteiger partial charge in [0.05, 0.1) is 18.4 Å². The zero-order valence-electron chi connectivity index (χ0n) is 18.1. The molecule has 0 radical (unpaired) electrons. The van der Waals surface area contributed by atoms with E-state index in [1.807, 2.05) is 35.6 Å². The SMILES string of the molecule is COc1ccc(Cl)cc1C(=O)N1CCN(c2ccc(-n3nc(C)c(C)c3C)nn2)CC1. The standard InChI is InChI=1S/C22H25ClN6O2/c1-14-15(2)26-29(16(14)3)21-8-7-20(24-25-21)27-9-11-28(12-10-27)22(30)18-13-17(23)5-6-19(18)31-4/h5-8,13H,9-12H2,1-4H3. The minimum atomic E-state index is -0.0830. The Kier molecular flexibility index (Phi) is 5.82. The number of amides is 1. The molecule has 0 spiro atoms. The third-order valence-electron chi connectivity index (χ3n) is 5.79. The predicted octanol–water partition coefficient (Wildman–Crippen LogP) is 3.21. The van der Waals surface area contributed by atoms with Gasteiger partial charge < -0.3 is 14.5 Å². The summed E-state index contributed by atoms with van der Waals surface area (Å²) in [6, 6.07) is 8.96. The van der Waals surface area contributed by atoms with E-state index in [-0.39, 0.29) is 5.91 Å². The molecule has 1 aromatic carbocycles.